The minimum absolute atomic E-state index is 0.178. The molecule has 6 saturated heterocycles. The molecule has 2 aromatic rings. The molecule has 0 unspecified atom stereocenters. The second kappa shape index (κ2) is 29.8. The molecule has 0 aromatic heterocycles. The van der Waals surface area contributed by atoms with E-state index in [2.05, 4.69) is 10.6 Å². The van der Waals surface area contributed by atoms with Gasteiger partial charge in [-0.25, -0.2) is 14.4 Å². The number of hydrogen-bond donors (Lipinski definition) is 20. The number of fused-ring (bicyclic) bond motifs is 1. The van der Waals surface area contributed by atoms with Crippen LogP contribution in [0.25, 0.3) is 10.8 Å². The van der Waals surface area contributed by atoms with Crippen LogP contribution in [-0.4, -0.2) is 326 Å². The van der Waals surface area contributed by atoms with Crippen LogP contribution < -0.4 is 16.0 Å². The molecule has 6 aliphatic rings. The highest BCUT2D eigenvalue weighted by atomic mass is 16.8. The van der Waals surface area contributed by atoms with Gasteiger partial charge in [0.05, 0.1) is 26.4 Å². The lowest BCUT2D eigenvalue weighted by atomic mass is 9.91. The third-order valence-corrected chi connectivity index (χ3v) is 15.8. The summed E-state index contributed by atoms with van der Waals surface area (Å²) in [4.78, 5) is 76.2. The SMILES string of the molecule is CC(=O)N[C@H]1[C@H](OCc2ccc3ccccc3c2)O[C@H](CO)[C@H](O)[C@@H]1O[C@@H]1O[C@H](C(=O)O)[C@@H](O[C@@H]2O[C@H](CO)[C@H](O)[C@H](O[C@@H]3O[C@H](C(=O)O)[C@@H](O[C@@H]4O[C@H](CO)[C@H](O)[C@H](O[C@@H]5O[C@H](C(=O)O)[C@@H](O)[C@H](O)[C@H]5O)[C@]4(O)NC(C)=O)[C@H](O)[C@H]3O)[C@H]2NC(C)=O)[C@H](O)[C@H]1O. The molecule has 0 bridgehead atoms. The molecule has 38 heteroatoms. The van der Waals surface area contributed by atoms with Crippen LogP contribution in [0.1, 0.15) is 26.3 Å². The molecule has 38 nitrogen and oxygen atoms in total. The van der Waals surface area contributed by atoms with Crippen molar-refractivity contribution in [3.8, 4) is 0 Å². The summed E-state index contributed by atoms with van der Waals surface area (Å²) in [6.45, 7) is -0.756. The Morgan fingerprint density at radius 3 is 1.38 bits per heavy atom. The lowest BCUT2D eigenvalue weighted by molar-refractivity contribution is -0.407. The van der Waals surface area contributed by atoms with Gasteiger partial charge in [-0.1, -0.05) is 36.4 Å². The molecule has 20 N–H and O–H groups in total. The van der Waals surface area contributed by atoms with Crippen LogP contribution in [0.3, 0.4) is 0 Å². The monoisotopic (exact) mass is 1310 g/mol. The molecule has 91 heavy (non-hydrogen) atoms. The van der Waals surface area contributed by atoms with Crippen molar-refractivity contribution in [2.75, 3.05) is 19.8 Å². The summed E-state index contributed by atoms with van der Waals surface area (Å²) in [5.74, 6) is -8.94. The number of rotatable bonds is 22. The standard InChI is InChI=1S/C53H73N3O35/c1-15(60)54-24-36(26(63)21(11-57)81-47(24)80-14-18-8-9-19-6-4-5-7-20(19)10-18)84-49-34(71)31(68)38(41(88-49)45(75)76)86-48-25(55-16(2)61)37(27(64)22(12-58)82-48)85-50-35(72)32(69)39(42(89-50)46(77)78)90-52-53(79,56-17(3)62)43(28(65)23(13-59)83-52)91-51-33(70)29(66)30(67)40(87-51)44(73)74/h4-10,21-43,47-52,57-59,63-72,79H,11-14H2,1-3H3,(H,54,60)(H,55,61)(H,56,62)(H,73,74)(H,75,76)(H,77,78)/t21-,22-,23-,24-,25-,26+,27+,28+,29+,30+,31-,32-,33-,34-,35-,36-,37-,38+,39+,40+,41+,42+,43+,47-,48+,49-,50-,51+,52+,53-/m1/s1. The van der Waals surface area contributed by atoms with Crippen molar-refractivity contribution < 1.29 is 172 Å². The topological polar surface area (TPSA) is 593 Å². The Morgan fingerprint density at radius 2 is 0.890 bits per heavy atom. The molecule has 2 aromatic carbocycles. The zero-order valence-electron chi connectivity index (χ0n) is 48.1. The molecule has 0 saturated carbocycles. The first-order chi connectivity index (χ1) is 42.9. The number of carbonyl (C=O) groups excluding carboxylic acids is 3. The minimum atomic E-state index is -3.42. The molecule has 3 amide bonds. The highest BCUT2D eigenvalue weighted by molar-refractivity contribution is 5.83. The zero-order valence-corrected chi connectivity index (χ0v) is 48.1. The van der Waals surface area contributed by atoms with Gasteiger partial charge in [-0.15, -0.1) is 0 Å². The highest BCUT2D eigenvalue weighted by Crippen LogP contribution is 2.40. The van der Waals surface area contributed by atoms with Gasteiger partial charge >= 0.3 is 17.9 Å². The average Bonchev–Trinajstić information content (AvgIpc) is 0.759. The number of aliphatic hydroxyl groups excluding tert-OH is 13. The fourth-order valence-corrected chi connectivity index (χ4v) is 11.3. The maximum absolute atomic E-state index is 13.1. The molecule has 0 aliphatic carbocycles. The minimum Gasteiger partial charge on any atom is -0.479 e. The van der Waals surface area contributed by atoms with Crippen LogP contribution >= 0.6 is 0 Å². The smallest absolute Gasteiger partial charge is 0.335 e. The van der Waals surface area contributed by atoms with Gasteiger partial charge in [0.2, 0.25) is 29.7 Å². The predicted octanol–water partition coefficient (Wildman–Crippen LogP) is -10.7. The average molecular weight is 1310 g/mol. The summed E-state index contributed by atoms with van der Waals surface area (Å²) in [6.07, 6.45) is -61.5. The largest absolute Gasteiger partial charge is 0.479 e. The van der Waals surface area contributed by atoms with E-state index >= 15 is 0 Å². The number of nitrogens with one attached hydrogen (secondary N) is 3. The summed E-state index contributed by atoms with van der Waals surface area (Å²) in [6, 6.07) is 9.18. The van der Waals surface area contributed by atoms with Gasteiger partial charge in [0.15, 0.2) is 49.8 Å². The number of aliphatic hydroxyl groups is 14. The Bertz CT molecular complexity index is 2860. The summed E-state index contributed by atoms with van der Waals surface area (Å²) in [5, 5.41) is 195. The van der Waals surface area contributed by atoms with Crippen molar-refractivity contribution in [2.45, 2.75) is 211 Å². The fraction of sp³-hybridized carbons (Fsp3) is 0.698. The first-order valence-corrected chi connectivity index (χ1v) is 28.1. The summed E-state index contributed by atoms with van der Waals surface area (Å²) in [5.41, 5.74) is -2.80. The van der Waals surface area contributed by atoms with Gasteiger partial charge in [0, 0.05) is 20.8 Å². The van der Waals surface area contributed by atoms with Crippen molar-refractivity contribution >= 4 is 46.4 Å². The van der Waals surface area contributed by atoms with Gasteiger partial charge < -0.3 is 160 Å². The van der Waals surface area contributed by atoms with Crippen molar-refractivity contribution in [1.82, 2.24) is 16.0 Å². The van der Waals surface area contributed by atoms with Crippen molar-refractivity contribution in [3.05, 3.63) is 48.0 Å². The lowest BCUT2D eigenvalue weighted by Crippen LogP contribution is -2.76. The summed E-state index contributed by atoms with van der Waals surface area (Å²) in [7, 11) is 0. The summed E-state index contributed by atoms with van der Waals surface area (Å²) >= 11 is 0. The van der Waals surface area contributed by atoms with E-state index in [1.54, 1.807) is 12.1 Å². The van der Waals surface area contributed by atoms with Gasteiger partial charge in [-0.05, 0) is 22.4 Å². The van der Waals surface area contributed by atoms with E-state index in [0.29, 0.717) is 5.56 Å². The molecule has 30 atom stereocenters. The number of carboxylic acids is 3. The quantitative estimate of drug-likeness (QED) is 0.0487. The molecule has 0 spiro atoms. The van der Waals surface area contributed by atoms with Crippen molar-refractivity contribution in [3.63, 3.8) is 0 Å². The zero-order chi connectivity index (χ0) is 66.8. The van der Waals surface area contributed by atoms with E-state index in [-0.39, 0.29) is 6.61 Å². The number of carbonyl (C=O) groups is 6. The summed E-state index contributed by atoms with van der Waals surface area (Å²) < 4.78 is 68.3. The van der Waals surface area contributed by atoms with E-state index in [4.69, 9.17) is 56.8 Å². The fourth-order valence-electron chi connectivity index (χ4n) is 11.3. The van der Waals surface area contributed by atoms with Crippen LogP contribution in [0.4, 0.5) is 0 Å². The molecular weight excluding hydrogens is 1240 g/mol. The molecule has 510 valence electrons. The van der Waals surface area contributed by atoms with Crippen LogP contribution in [0.5, 0.6) is 0 Å². The highest BCUT2D eigenvalue weighted by Gasteiger charge is 2.64. The number of ether oxygens (including phenoxy) is 12. The van der Waals surface area contributed by atoms with Crippen LogP contribution in [-0.2, 0) is 92.2 Å². The predicted molar refractivity (Wildman–Crippen MR) is 283 cm³/mol. The van der Waals surface area contributed by atoms with Crippen LogP contribution in [0, 0.1) is 0 Å². The Balaban J connectivity index is 1.02. The van der Waals surface area contributed by atoms with Gasteiger partial charge in [0.25, 0.3) is 0 Å². The molecule has 8 rings (SSSR count). The molecule has 6 aliphatic heterocycles. The van der Waals surface area contributed by atoms with Gasteiger partial charge in [-0.3, -0.25) is 14.4 Å². The first kappa shape index (κ1) is 71.3. The molecular formula is C53H73N3O35. The first-order valence-electron chi connectivity index (χ1n) is 28.1. The van der Waals surface area contributed by atoms with Gasteiger partial charge in [0.1, 0.15) is 122 Å². The molecule has 0 radical (unpaired) electrons. The molecule has 6 heterocycles. The number of benzene rings is 2. The van der Waals surface area contributed by atoms with Crippen molar-refractivity contribution in [1.29, 1.82) is 0 Å². The maximum atomic E-state index is 13.1. The third kappa shape index (κ3) is 15.2. The van der Waals surface area contributed by atoms with E-state index in [0.717, 1.165) is 31.5 Å². The number of carboxylic acid groups (broad SMARTS) is 3. The normalized spacial score (nSPS) is 42.8. The second-order valence-electron chi connectivity index (χ2n) is 22.2. The number of amides is 3. The Hall–Kier alpha value is -5.52. The molecule has 6 fully saturated rings. The van der Waals surface area contributed by atoms with E-state index in [9.17, 15) is 116 Å². The van der Waals surface area contributed by atoms with E-state index in [1.807, 2.05) is 35.6 Å². The van der Waals surface area contributed by atoms with Crippen LogP contribution in [0.2, 0.25) is 0 Å². The third-order valence-electron chi connectivity index (χ3n) is 15.8. The number of hydrogen-bond acceptors (Lipinski definition) is 32. The lowest BCUT2D eigenvalue weighted by Gasteiger charge is -2.52. The van der Waals surface area contributed by atoms with E-state index < -0.39 is 239 Å². The van der Waals surface area contributed by atoms with Gasteiger partial charge in [-0.2, -0.15) is 0 Å². The number of aliphatic carboxylic acids is 3. The van der Waals surface area contributed by atoms with Crippen LogP contribution in [0.15, 0.2) is 42.5 Å². The Labute approximate surface area is 512 Å². The Kier molecular flexibility index (Phi) is 23.4. The second-order valence-corrected chi connectivity index (χ2v) is 22.2. The Morgan fingerprint density at radius 1 is 0.451 bits per heavy atom. The van der Waals surface area contributed by atoms with E-state index in [1.165, 1.54) is 0 Å². The van der Waals surface area contributed by atoms with Crippen molar-refractivity contribution in [2.24, 2.45) is 0 Å². The maximum Gasteiger partial charge on any atom is 0.335 e.